The molecule has 1 aliphatic heterocycles. The summed E-state index contributed by atoms with van der Waals surface area (Å²) >= 11 is 0. The van der Waals surface area contributed by atoms with Crippen LogP contribution in [0.5, 0.6) is 5.75 Å². The first-order valence-corrected chi connectivity index (χ1v) is 7.05. The first-order chi connectivity index (χ1) is 10.3. The van der Waals surface area contributed by atoms with Gasteiger partial charge >= 0.3 is 0 Å². The molecule has 7 heteroatoms. The highest BCUT2D eigenvalue weighted by atomic mass is 16.5. The van der Waals surface area contributed by atoms with Gasteiger partial charge in [-0.1, -0.05) is 0 Å². The highest BCUT2D eigenvalue weighted by Crippen LogP contribution is 2.30. The van der Waals surface area contributed by atoms with Crippen LogP contribution in [0.2, 0.25) is 0 Å². The van der Waals surface area contributed by atoms with E-state index in [1.807, 2.05) is 12.1 Å². The lowest BCUT2D eigenvalue weighted by molar-refractivity contribution is 0.0470. The van der Waals surface area contributed by atoms with Crippen molar-refractivity contribution in [2.24, 2.45) is 5.92 Å². The Morgan fingerprint density at radius 1 is 1.48 bits per heavy atom. The number of tetrazole rings is 1. The summed E-state index contributed by atoms with van der Waals surface area (Å²) in [7, 11) is 1.62. The number of nitrogen functional groups attached to an aromatic ring is 1. The van der Waals surface area contributed by atoms with E-state index in [-0.39, 0.29) is 0 Å². The minimum atomic E-state index is 0.438. The molecule has 0 radical (unpaired) electrons. The smallest absolute Gasteiger partial charge is 0.185 e. The Hall–Kier alpha value is -2.15. The van der Waals surface area contributed by atoms with Crippen LogP contribution in [0, 0.1) is 5.92 Å². The second-order valence-corrected chi connectivity index (χ2v) is 5.23. The molecule has 1 atom stereocenters. The molecular formula is C14H19N5O2. The molecule has 1 aliphatic rings. The van der Waals surface area contributed by atoms with Crippen LogP contribution in [0.25, 0.3) is 11.4 Å². The summed E-state index contributed by atoms with van der Waals surface area (Å²) in [5.41, 5.74) is 7.33. The fourth-order valence-corrected chi connectivity index (χ4v) is 2.62. The first-order valence-electron chi connectivity index (χ1n) is 7.05. The Bertz CT molecular complexity index is 607. The summed E-state index contributed by atoms with van der Waals surface area (Å²) in [6.07, 6.45) is 2.22. The third-order valence-electron chi connectivity index (χ3n) is 3.68. The van der Waals surface area contributed by atoms with Crippen LogP contribution in [0.4, 0.5) is 5.69 Å². The van der Waals surface area contributed by atoms with Crippen molar-refractivity contribution in [3.63, 3.8) is 0 Å². The number of ether oxygens (including phenoxy) is 2. The second kappa shape index (κ2) is 6.09. The number of hydrogen-bond acceptors (Lipinski definition) is 6. The third-order valence-corrected chi connectivity index (χ3v) is 3.68. The molecule has 3 rings (SSSR count). The van der Waals surface area contributed by atoms with Crippen LogP contribution >= 0.6 is 0 Å². The molecule has 0 bridgehead atoms. The highest BCUT2D eigenvalue weighted by Gasteiger charge is 2.19. The standard InChI is InChI=1S/C14H19N5O2/c1-20-13-5-4-11(15)7-12(13)14-16-17-18-19(14)8-10-3-2-6-21-9-10/h4-5,7,10H,2-3,6,8-9,15H2,1H3. The van der Waals surface area contributed by atoms with Gasteiger partial charge in [0, 0.05) is 18.2 Å². The number of methoxy groups -OCH3 is 1. The van der Waals surface area contributed by atoms with Gasteiger partial charge in [-0.05, 0) is 41.5 Å². The first kappa shape index (κ1) is 13.8. The Morgan fingerprint density at radius 2 is 2.38 bits per heavy atom. The largest absolute Gasteiger partial charge is 0.496 e. The highest BCUT2D eigenvalue weighted by molar-refractivity contribution is 5.68. The maximum atomic E-state index is 5.87. The van der Waals surface area contributed by atoms with Gasteiger partial charge in [-0.2, -0.15) is 0 Å². The molecule has 1 fully saturated rings. The predicted octanol–water partition coefficient (Wildman–Crippen LogP) is 1.36. The molecule has 7 nitrogen and oxygen atoms in total. The van der Waals surface area contributed by atoms with Gasteiger partial charge in [0.15, 0.2) is 5.82 Å². The van der Waals surface area contributed by atoms with Crippen LogP contribution in [0.3, 0.4) is 0 Å². The summed E-state index contributed by atoms with van der Waals surface area (Å²) in [6, 6.07) is 5.46. The predicted molar refractivity (Wildman–Crippen MR) is 77.8 cm³/mol. The van der Waals surface area contributed by atoms with Crippen molar-refractivity contribution in [3.05, 3.63) is 18.2 Å². The Balaban J connectivity index is 1.89. The fraction of sp³-hybridized carbons (Fsp3) is 0.500. The molecular weight excluding hydrogens is 270 g/mol. The zero-order chi connectivity index (χ0) is 14.7. The molecule has 1 saturated heterocycles. The van der Waals surface area contributed by atoms with Gasteiger partial charge in [0.2, 0.25) is 0 Å². The maximum absolute atomic E-state index is 5.87. The van der Waals surface area contributed by atoms with Gasteiger partial charge in [-0.25, -0.2) is 4.68 Å². The van der Waals surface area contributed by atoms with Crippen molar-refractivity contribution >= 4 is 5.69 Å². The Labute approximate surface area is 123 Å². The summed E-state index contributed by atoms with van der Waals surface area (Å²) in [4.78, 5) is 0. The minimum absolute atomic E-state index is 0.438. The number of rotatable bonds is 4. The van der Waals surface area contributed by atoms with Gasteiger partial charge in [-0.15, -0.1) is 5.10 Å². The van der Waals surface area contributed by atoms with Crippen molar-refractivity contribution in [2.75, 3.05) is 26.1 Å². The van der Waals surface area contributed by atoms with Gasteiger partial charge in [0.25, 0.3) is 0 Å². The van der Waals surface area contributed by atoms with Crippen molar-refractivity contribution in [1.29, 1.82) is 0 Å². The van der Waals surface area contributed by atoms with Crippen LogP contribution in [0.15, 0.2) is 18.2 Å². The van der Waals surface area contributed by atoms with E-state index in [0.29, 0.717) is 23.2 Å². The van der Waals surface area contributed by atoms with E-state index >= 15 is 0 Å². The van der Waals surface area contributed by atoms with E-state index in [0.717, 1.165) is 38.2 Å². The van der Waals surface area contributed by atoms with Crippen molar-refractivity contribution in [1.82, 2.24) is 20.2 Å². The monoisotopic (exact) mass is 289 g/mol. The molecule has 1 aromatic heterocycles. The molecule has 2 N–H and O–H groups in total. The Morgan fingerprint density at radius 3 is 3.14 bits per heavy atom. The van der Waals surface area contributed by atoms with Crippen LogP contribution in [0.1, 0.15) is 12.8 Å². The maximum Gasteiger partial charge on any atom is 0.185 e. The molecule has 1 unspecified atom stereocenters. The molecule has 1 aromatic carbocycles. The van der Waals surface area contributed by atoms with E-state index in [4.69, 9.17) is 15.2 Å². The summed E-state index contributed by atoms with van der Waals surface area (Å²) in [5, 5.41) is 12.0. The van der Waals surface area contributed by atoms with Gasteiger partial charge in [0.05, 0.1) is 25.8 Å². The number of aromatic nitrogens is 4. The minimum Gasteiger partial charge on any atom is -0.496 e. The zero-order valence-corrected chi connectivity index (χ0v) is 12.0. The fourth-order valence-electron chi connectivity index (χ4n) is 2.62. The van der Waals surface area contributed by atoms with Crippen molar-refractivity contribution < 1.29 is 9.47 Å². The second-order valence-electron chi connectivity index (χ2n) is 5.23. The van der Waals surface area contributed by atoms with Crippen molar-refractivity contribution in [2.45, 2.75) is 19.4 Å². The molecule has 112 valence electrons. The number of benzene rings is 1. The van der Waals surface area contributed by atoms with E-state index in [2.05, 4.69) is 15.5 Å². The van der Waals surface area contributed by atoms with Gasteiger partial charge < -0.3 is 15.2 Å². The Kier molecular flexibility index (Phi) is 4.01. The lowest BCUT2D eigenvalue weighted by atomic mass is 10.0. The number of hydrogen-bond donors (Lipinski definition) is 1. The third kappa shape index (κ3) is 2.97. The topological polar surface area (TPSA) is 88.1 Å². The summed E-state index contributed by atoms with van der Waals surface area (Å²) in [6.45, 7) is 2.34. The van der Waals surface area contributed by atoms with E-state index in [1.54, 1.807) is 17.9 Å². The molecule has 0 aliphatic carbocycles. The quantitative estimate of drug-likeness (QED) is 0.855. The molecule has 0 saturated carbocycles. The van der Waals surface area contributed by atoms with E-state index in [1.165, 1.54) is 0 Å². The van der Waals surface area contributed by atoms with E-state index in [9.17, 15) is 0 Å². The number of nitrogens with zero attached hydrogens (tertiary/aromatic N) is 4. The molecule has 2 heterocycles. The van der Waals surface area contributed by atoms with Crippen LogP contribution in [-0.2, 0) is 11.3 Å². The van der Waals surface area contributed by atoms with Crippen molar-refractivity contribution in [3.8, 4) is 17.1 Å². The molecule has 0 amide bonds. The SMILES string of the molecule is COc1ccc(N)cc1-c1nnnn1CC1CCCOC1. The van der Waals surface area contributed by atoms with E-state index < -0.39 is 0 Å². The number of nitrogens with two attached hydrogens (primary N) is 1. The average molecular weight is 289 g/mol. The normalized spacial score (nSPS) is 18.6. The zero-order valence-electron chi connectivity index (χ0n) is 12.0. The summed E-state index contributed by atoms with van der Waals surface area (Å²) in [5.74, 6) is 1.82. The summed E-state index contributed by atoms with van der Waals surface area (Å²) < 4.78 is 12.7. The van der Waals surface area contributed by atoms with Crippen LogP contribution in [-0.4, -0.2) is 40.5 Å². The average Bonchev–Trinajstić information content (AvgIpc) is 2.96. The van der Waals surface area contributed by atoms with Gasteiger partial charge in [-0.3, -0.25) is 0 Å². The molecule has 0 spiro atoms. The van der Waals surface area contributed by atoms with Crippen LogP contribution < -0.4 is 10.5 Å². The lowest BCUT2D eigenvalue weighted by Crippen LogP contribution is -2.23. The number of anilines is 1. The molecule has 2 aromatic rings. The molecule has 21 heavy (non-hydrogen) atoms. The lowest BCUT2D eigenvalue weighted by Gasteiger charge is -2.22. The van der Waals surface area contributed by atoms with Gasteiger partial charge in [0.1, 0.15) is 5.75 Å².